The maximum absolute atomic E-state index is 5.29. The lowest BCUT2D eigenvalue weighted by atomic mass is 9.96. The van der Waals surface area contributed by atoms with Crippen molar-refractivity contribution in [3.05, 3.63) is 10.6 Å². The number of ether oxygens (including phenoxy) is 1. The van der Waals surface area contributed by atoms with E-state index < -0.39 is 0 Å². The molecule has 1 saturated heterocycles. The van der Waals surface area contributed by atoms with Gasteiger partial charge in [-0.3, -0.25) is 0 Å². The lowest BCUT2D eigenvalue weighted by Crippen LogP contribution is -2.35. The Hall–Kier alpha value is -0.650. The fourth-order valence-corrected chi connectivity index (χ4v) is 3.77. The van der Waals surface area contributed by atoms with Gasteiger partial charge in [0.25, 0.3) is 0 Å². The van der Waals surface area contributed by atoms with Crippen molar-refractivity contribution < 1.29 is 4.74 Å². The molecule has 2 rings (SSSR count). The summed E-state index contributed by atoms with van der Waals surface area (Å²) in [4.78, 5) is 8.62. The Morgan fingerprint density at radius 1 is 1.45 bits per heavy atom. The summed E-state index contributed by atoms with van der Waals surface area (Å²) < 4.78 is 5.29. The molecule has 0 amide bonds. The highest BCUT2D eigenvalue weighted by Crippen LogP contribution is 2.31. The van der Waals surface area contributed by atoms with Gasteiger partial charge in [0.15, 0.2) is 5.13 Å². The lowest BCUT2D eigenvalue weighted by Gasteiger charge is -2.31. The number of nitrogens with zero attached hydrogens (tertiary/aromatic N) is 2. The van der Waals surface area contributed by atoms with Crippen LogP contribution in [0.5, 0.6) is 0 Å². The van der Waals surface area contributed by atoms with E-state index in [1.807, 2.05) is 11.3 Å². The predicted octanol–water partition coefficient (Wildman–Crippen LogP) is 3.03. The third-order valence-corrected chi connectivity index (χ3v) is 5.11. The van der Waals surface area contributed by atoms with Crippen LogP contribution in [-0.4, -0.2) is 31.7 Å². The van der Waals surface area contributed by atoms with Crippen LogP contribution in [0.4, 0.5) is 5.13 Å². The third kappa shape index (κ3) is 3.93. The van der Waals surface area contributed by atoms with Crippen LogP contribution in [0.3, 0.4) is 0 Å². The molecule has 5 heteroatoms. The number of nitrogens with one attached hydrogen (secondary N) is 1. The second-order valence-electron chi connectivity index (χ2n) is 5.44. The summed E-state index contributed by atoms with van der Waals surface area (Å²) in [6, 6.07) is 0. The van der Waals surface area contributed by atoms with E-state index in [4.69, 9.17) is 9.72 Å². The summed E-state index contributed by atoms with van der Waals surface area (Å²) in [5.74, 6) is 0.829. The molecular formula is C15H27N3OS. The van der Waals surface area contributed by atoms with Crippen molar-refractivity contribution in [1.29, 1.82) is 0 Å². The molecule has 1 atom stereocenters. The van der Waals surface area contributed by atoms with Gasteiger partial charge in [-0.2, -0.15) is 0 Å². The maximum atomic E-state index is 5.29. The normalized spacial score (nSPS) is 19.6. The zero-order chi connectivity index (χ0) is 14.4. The van der Waals surface area contributed by atoms with Gasteiger partial charge in [-0.05, 0) is 25.3 Å². The van der Waals surface area contributed by atoms with Crippen molar-refractivity contribution in [2.75, 3.05) is 31.6 Å². The molecule has 20 heavy (non-hydrogen) atoms. The number of hydrogen-bond acceptors (Lipinski definition) is 5. The minimum atomic E-state index is 0.613. The third-order valence-electron chi connectivity index (χ3n) is 3.95. The number of thiazole rings is 1. The molecule has 2 heterocycles. The number of rotatable bonds is 7. The molecular weight excluding hydrogens is 270 g/mol. The van der Waals surface area contributed by atoms with E-state index in [0.29, 0.717) is 6.61 Å². The molecule has 114 valence electrons. The molecule has 1 aromatic heterocycles. The van der Waals surface area contributed by atoms with E-state index in [9.17, 15) is 0 Å². The van der Waals surface area contributed by atoms with Crippen LogP contribution in [0.15, 0.2) is 0 Å². The molecule has 0 aliphatic carbocycles. The molecule has 0 aromatic carbocycles. The van der Waals surface area contributed by atoms with Gasteiger partial charge in [0, 0.05) is 31.6 Å². The number of hydrogen-bond donors (Lipinski definition) is 1. The Balaban J connectivity index is 2.10. The Morgan fingerprint density at radius 2 is 2.30 bits per heavy atom. The van der Waals surface area contributed by atoms with E-state index in [-0.39, 0.29) is 0 Å². The van der Waals surface area contributed by atoms with Gasteiger partial charge in [-0.25, -0.2) is 4.98 Å². The molecule has 0 spiro atoms. The SMILES string of the molecule is CCNCc1sc(N2CCCC(CC)C2)nc1COC. The smallest absolute Gasteiger partial charge is 0.185 e. The first-order chi connectivity index (χ1) is 9.78. The van der Waals surface area contributed by atoms with Crippen molar-refractivity contribution in [3.63, 3.8) is 0 Å². The Bertz CT molecular complexity index is 408. The van der Waals surface area contributed by atoms with Gasteiger partial charge in [0.05, 0.1) is 12.3 Å². The summed E-state index contributed by atoms with van der Waals surface area (Å²) in [6.07, 6.45) is 3.94. The fraction of sp³-hybridized carbons (Fsp3) is 0.800. The highest BCUT2D eigenvalue weighted by atomic mass is 32.1. The molecule has 4 nitrogen and oxygen atoms in total. The van der Waals surface area contributed by atoms with Crippen LogP contribution in [-0.2, 0) is 17.9 Å². The molecule has 1 fully saturated rings. The first-order valence-electron chi connectivity index (χ1n) is 7.71. The van der Waals surface area contributed by atoms with Gasteiger partial charge in [0.1, 0.15) is 0 Å². The average molecular weight is 297 g/mol. The van der Waals surface area contributed by atoms with Crippen molar-refractivity contribution in [1.82, 2.24) is 10.3 Å². The fourth-order valence-electron chi connectivity index (χ4n) is 2.70. The lowest BCUT2D eigenvalue weighted by molar-refractivity contribution is 0.181. The largest absolute Gasteiger partial charge is 0.378 e. The summed E-state index contributed by atoms with van der Waals surface area (Å²) in [5.41, 5.74) is 1.10. The summed E-state index contributed by atoms with van der Waals surface area (Å²) in [6.45, 7) is 9.24. The number of aromatic nitrogens is 1. The molecule has 1 aromatic rings. The van der Waals surface area contributed by atoms with E-state index >= 15 is 0 Å². The Kier molecular flexibility index (Phi) is 6.26. The molecule has 0 bridgehead atoms. The van der Waals surface area contributed by atoms with Crippen LogP contribution in [0.2, 0.25) is 0 Å². The van der Waals surface area contributed by atoms with E-state index in [0.717, 1.165) is 37.8 Å². The average Bonchev–Trinajstić information content (AvgIpc) is 2.89. The minimum Gasteiger partial charge on any atom is -0.378 e. The van der Waals surface area contributed by atoms with Gasteiger partial charge in [-0.15, -0.1) is 11.3 Å². The summed E-state index contributed by atoms with van der Waals surface area (Å²) in [5, 5.41) is 4.58. The quantitative estimate of drug-likeness (QED) is 0.839. The highest BCUT2D eigenvalue weighted by molar-refractivity contribution is 7.15. The molecule has 1 aliphatic rings. The van der Waals surface area contributed by atoms with Crippen LogP contribution in [0.1, 0.15) is 43.7 Å². The van der Waals surface area contributed by atoms with E-state index in [1.54, 1.807) is 7.11 Å². The van der Waals surface area contributed by atoms with Crippen molar-refractivity contribution >= 4 is 16.5 Å². The number of anilines is 1. The van der Waals surface area contributed by atoms with E-state index in [1.165, 1.54) is 29.3 Å². The second-order valence-corrected chi connectivity index (χ2v) is 6.50. The number of piperidine rings is 1. The Labute approximate surface area is 126 Å². The first kappa shape index (κ1) is 15.7. The second kappa shape index (κ2) is 7.96. The van der Waals surface area contributed by atoms with Crippen LogP contribution < -0.4 is 10.2 Å². The predicted molar refractivity (Wildman–Crippen MR) is 85.4 cm³/mol. The van der Waals surface area contributed by atoms with Crippen molar-refractivity contribution in [3.8, 4) is 0 Å². The molecule has 1 N–H and O–H groups in total. The Morgan fingerprint density at radius 3 is 3.00 bits per heavy atom. The van der Waals surface area contributed by atoms with Crippen molar-refractivity contribution in [2.45, 2.75) is 46.3 Å². The monoisotopic (exact) mass is 297 g/mol. The highest BCUT2D eigenvalue weighted by Gasteiger charge is 2.22. The summed E-state index contributed by atoms with van der Waals surface area (Å²) >= 11 is 1.83. The van der Waals surface area contributed by atoms with Gasteiger partial charge < -0.3 is 15.0 Å². The molecule has 1 unspecified atom stereocenters. The molecule has 0 saturated carbocycles. The van der Waals surface area contributed by atoms with Gasteiger partial charge in [-0.1, -0.05) is 20.3 Å². The first-order valence-corrected chi connectivity index (χ1v) is 8.53. The standard InChI is InChI=1S/C15H27N3OS/c1-4-12-7-6-8-18(10-12)15-17-13(11-19-3)14(20-15)9-16-5-2/h12,16H,4-11H2,1-3H3. The number of methoxy groups -OCH3 is 1. The zero-order valence-corrected chi connectivity index (χ0v) is 13.8. The molecule has 1 aliphatic heterocycles. The maximum Gasteiger partial charge on any atom is 0.185 e. The van der Waals surface area contributed by atoms with E-state index in [2.05, 4.69) is 24.1 Å². The summed E-state index contributed by atoms with van der Waals surface area (Å²) in [7, 11) is 1.74. The van der Waals surface area contributed by atoms with Crippen LogP contribution >= 0.6 is 11.3 Å². The zero-order valence-electron chi connectivity index (χ0n) is 12.9. The van der Waals surface area contributed by atoms with Gasteiger partial charge >= 0.3 is 0 Å². The minimum absolute atomic E-state index is 0.613. The van der Waals surface area contributed by atoms with Crippen LogP contribution in [0, 0.1) is 5.92 Å². The van der Waals surface area contributed by atoms with Gasteiger partial charge in [0.2, 0.25) is 0 Å². The molecule has 0 radical (unpaired) electrons. The van der Waals surface area contributed by atoms with Crippen LogP contribution in [0.25, 0.3) is 0 Å². The van der Waals surface area contributed by atoms with Crippen molar-refractivity contribution in [2.24, 2.45) is 5.92 Å². The topological polar surface area (TPSA) is 37.4 Å².